The Bertz CT molecular complexity index is 951. The second kappa shape index (κ2) is 6.54. The van der Waals surface area contributed by atoms with E-state index in [1.54, 1.807) is 22.8 Å². The standard InChI is InChI=1S/C15H13N3O4S2/c1-9-6-17-12(10(2)16-15(17)24-9)3-4-14(19)22-7-11-5-13(18(20)21)23-8-11/h3-6,8H,7H2,1-2H3/b4-3+. The lowest BCUT2D eigenvalue weighted by atomic mass is 10.3. The average Bonchev–Trinajstić information content (AvgIpc) is 3.18. The van der Waals surface area contributed by atoms with Gasteiger partial charge < -0.3 is 4.74 Å². The van der Waals surface area contributed by atoms with Crippen LogP contribution in [0.3, 0.4) is 0 Å². The van der Waals surface area contributed by atoms with Crippen molar-refractivity contribution in [3.05, 3.63) is 55.7 Å². The molecule has 0 spiro atoms. The molecule has 3 aromatic heterocycles. The number of fused-ring (bicyclic) bond motifs is 1. The van der Waals surface area contributed by atoms with E-state index in [0.29, 0.717) is 5.56 Å². The van der Waals surface area contributed by atoms with Crippen LogP contribution in [-0.4, -0.2) is 20.3 Å². The van der Waals surface area contributed by atoms with Crippen molar-refractivity contribution in [3.8, 4) is 0 Å². The van der Waals surface area contributed by atoms with Crippen molar-refractivity contribution in [2.75, 3.05) is 0 Å². The Morgan fingerprint density at radius 3 is 3.00 bits per heavy atom. The zero-order valence-corrected chi connectivity index (χ0v) is 14.5. The summed E-state index contributed by atoms with van der Waals surface area (Å²) in [5.74, 6) is -0.509. The van der Waals surface area contributed by atoms with Crippen LogP contribution in [0, 0.1) is 24.0 Å². The van der Waals surface area contributed by atoms with Crippen LogP contribution in [0.4, 0.5) is 5.00 Å². The van der Waals surface area contributed by atoms with E-state index in [4.69, 9.17) is 4.74 Å². The summed E-state index contributed by atoms with van der Waals surface area (Å²) >= 11 is 2.59. The lowest BCUT2D eigenvalue weighted by Gasteiger charge is -1.99. The van der Waals surface area contributed by atoms with Crippen LogP contribution in [0.5, 0.6) is 0 Å². The third-order valence-electron chi connectivity index (χ3n) is 3.24. The molecule has 0 bridgehead atoms. The average molecular weight is 363 g/mol. The number of nitro groups is 1. The highest BCUT2D eigenvalue weighted by molar-refractivity contribution is 7.17. The summed E-state index contributed by atoms with van der Waals surface area (Å²) in [7, 11) is 0. The summed E-state index contributed by atoms with van der Waals surface area (Å²) < 4.78 is 7.04. The number of carbonyl (C=O) groups is 1. The number of esters is 1. The first-order valence-corrected chi connectivity index (χ1v) is 8.65. The number of thiophene rings is 1. The summed E-state index contributed by atoms with van der Waals surface area (Å²) in [5, 5.41) is 12.3. The molecule has 24 heavy (non-hydrogen) atoms. The maximum absolute atomic E-state index is 11.8. The van der Waals surface area contributed by atoms with Crippen molar-refractivity contribution >= 4 is 44.7 Å². The number of nitrogens with zero attached hydrogens (tertiary/aromatic N) is 3. The highest BCUT2D eigenvalue weighted by atomic mass is 32.1. The number of hydrogen-bond acceptors (Lipinski definition) is 7. The number of rotatable bonds is 5. The molecule has 0 radical (unpaired) electrons. The van der Waals surface area contributed by atoms with Gasteiger partial charge in [-0.15, -0.1) is 11.3 Å². The first-order chi connectivity index (χ1) is 11.4. The zero-order valence-electron chi connectivity index (χ0n) is 12.9. The molecule has 124 valence electrons. The molecule has 0 unspecified atom stereocenters. The molecule has 3 heterocycles. The number of carbonyl (C=O) groups excluding carboxylic acids is 1. The summed E-state index contributed by atoms with van der Waals surface area (Å²) in [5.41, 5.74) is 2.26. The summed E-state index contributed by atoms with van der Waals surface area (Å²) in [6.45, 7) is 3.88. The normalized spacial score (nSPS) is 11.4. The molecule has 0 aromatic carbocycles. The second-order valence-electron chi connectivity index (χ2n) is 5.07. The molecule has 0 amide bonds. The Balaban J connectivity index is 1.66. The molecule has 0 atom stereocenters. The zero-order chi connectivity index (χ0) is 17.3. The third kappa shape index (κ3) is 3.36. The lowest BCUT2D eigenvalue weighted by molar-refractivity contribution is -0.380. The highest BCUT2D eigenvalue weighted by Crippen LogP contribution is 2.23. The first kappa shape index (κ1) is 16.3. The van der Waals surface area contributed by atoms with Crippen molar-refractivity contribution in [1.82, 2.24) is 9.38 Å². The smallest absolute Gasteiger partial charge is 0.331 e. The minimum atomic E-state index is -0.509. The van der Waals surface area contributed by atoms with E-state index in [9.17, 15) is 14.9 Å². The van der Waals surface area contributed by atoms with Crippen LogP contribution in [0.1, 0.15) is 21.8 Å². The molecule has 0 aliphatic carbocycles. The van der Waals surface area contributed by atoms with E-state index < -0.39 is 10.9 Å². The van der Waals surface area contributed by atoms with Gasteiger partial charge in [0.25, 0.3) is 0 Å². The molecule has 0 aliphatic heterocycles. The van der Waals surface area contributed by atoms with E-state index in [1.165, 1.54) is 12.1 Å². The Morgan fingerprint density at radius 2 is 2.29 bits per heavy atom. The predicted octanol–water partition coefficient (Wildman–Crippen LogP) is 3.74. The molecule has 0 N–H and O–H groups in total. The number of ether oxygens (including phenoxy) is 1. The minimum Gasteiger partial charge on any atom is -0.458 e. The number of hydrogen-bond donors (Lipinski definition) is 0. The Hall–Kier alpha value is -2.52. The third-order valence-corrected chi connectivity index (χ3v) is 5.07. The maximum Gasteiger partial charge on any atom is 0.331 e. The lowest BCUT2D eigenvalue weighted by Crippen LogP contribution is -2.00. The molecular weight excluding hydrogens is 350 g/mol. The largest absolute Gasteiger partial charge is 0.458 e. The summed E-state index contributed by atoms with van der Waals surface area (Å²) in [4.78, 5) is 28.4. The highest BCUT2D eigenvalue weighted by Gasteiger charge is 2.11. The van der Waals surface area contributed by atoms with Crippen molar-refractivity contribution in [3.63, 3.8) is 0 Å². The van der Waals surface area contributed by atoms with Crippen molar-refractivity contribution in [2.45, 2.75) is 20.5 Å². The molecule has 0 fully saturated rings. The van der Waals surface area contributed by atoms with Gasteiger partial charge >= 0.3 is 11.0 Å². The van der Waals surface area contributed by atoms with Gasteiger partial charge in [-0.25, -0.2) is 9.78 Å². The number of imidazole rings is 1. The van der Waals surface area contributed by atoms with E-state index in [-0.39, 0.29) is 11.6 Å². The molecule has 0 aliphatic rings. The predicted molar refractivity (Wildman–Crippen MR) is 92.3 cm³/mol. The fraction of sp³-hybridized carbons (Fsp3) is 0.200. The van der Waals surface area contributed by atoms with Crippen LogP contribution in [0.15, 0.2) is 23.7 Å². The van der Waals surface area contributed by atoms with Crippen molar-refractivity contribution in [1.29, 1.82) is 0 Å². The minimum absolute atomic E-state index is 0.00582. The van der Waals surface area contributed by atoms with Gasteiger partial charge in [-0.1, -0.05) is 11.3 Å². The quantitative estimate of drug-likeness (QED) is 0.298. The van der Waals surface area contributed by atoms with Crippen LogP contribution < -0.4 is 0 Å². The first-order valence-electron chi connectivity index (χ1n) is 6.96. The van der Waals surface area contributed by atoms with Gasteiger partial charge in [-0.3, -0.25) is 14.5 Å². The molecule has 0 saturated heterocycles. The van der Waals surface area contributed by atoms with Gasteiger partial charge in [-0.05, 0) is 19.9 Å². The fourth-order valence-corrected chi connectivity index (χ4v) is 3.76. The van der Waals surface area contributed by atoms with Gasteiger partial charge in [0.1, 0.15) is 6.61 Å². The molecule has 3 aromatic rings. The van der Waals surface area contributed by atoms with Crippen molar-refractivity contribution < 1.29 is 14.5 Å². The topological polar surface area (TPSA) is 86.7 Å². The Labute approximate surface area is 145 Å². The number of aryl methyl sites for hydroxylation is 2. The van der Waals surface area contributed by atoms with Gasteiger partial charge in [0, 0.05) is 34.2 Å². The van der Waals surface area contributed by atoms with Crippen LogP contribution in [-0.2, 0) is 16.1 Å². The van der Waals surface area contributed by atoms with Crippen LogP contribution in [0.25, 0.3) is 11.0 Å². The molecule has 7 nitrogen and oxygen atoms in total. The fourth-order valence-electron chi connectivity index (χ4n) is 2.17. The van der Waals surface area contributed by atoms with Gasteiger partial charge in [0.15, 0.2) is 4.96 Å². The second-order valence-corrected chi connectivity index (χ2v) is 7.17. The van der Waals surface area contributed by atoms with E-state index in [1.807, 2.05) is 24.4 Å². The SMILES string of the molecule is Cc1cn2c(/C=C/C(=O)OCc3csc([N+](=O)[O-])c3)c(C)nc2s1. The Kier molecular flexibility index (Phi) is 4.45. The Morgan fingerprint density at radius 1 is 1.50 bits per heavy atom. The number of thiazole rings is 1. The maximum atomic E-state index is 11.8. The van der Waals surface area contributed by atoms with E-state index in [2.05, 4.69) is 4.98 Å². The van der Waals surface area contributed by atoms with E-state index >= 15 is 0 Å². The van der Waals surface area contributed by atoms with Crippen LogP contribution in [0.2, 0.25) is 0 Å². The molecule has 9 heteroatoms. The molecular formula is C15H13N3O4S2. The molecule has 3 rings (SSSR count). The monoisotopic (exact) mass is 363 g/mol. The summed E-state index contributed by atoms with van der Waals surface area (Å²) in [6, 6.07) is 1.40. The van der Waals surface area contributed by atoms with Gasteiger partial charge in [-0.2, -0.15) is 0 Å². The van der Waals surface area contributed by atoms with Gasteiger partial charge in [0.05, 0.1) is 16.3 Å². The van der Waals surface area contributed by atoms with Crippen molar-refractivity contribution in [2.24, 2.45) is 0 Å². The number of aromatic nitrogens is 2. The van der Waals surface area contributed by atoms with Crippen LogP contribution >= 0.6 is 22.7 Å². The van der Waals surface area contributed by atoms with Gasteiger partial charge in [0.2, 0.25) is 0 Å². The molecule has 0 saturated carbocycles. The van der Waals surface area contributed by atoms with E-state index in [0.717, 1.165) is 32.6 Å². The summed E-state index contributed by atoms with van der Waals surface area (Å²) in [6.07, 6.45) is 4.97.